The Bertz CT molecular complexity index is 153. The van der Waals surface area contributed by atoms with E-state index in [9.17, 15) is 4.79 Å². The Morgan fingerprint density at radius 3 is 2.15 bits per heavy atom. The molecule has 0 saturated carbocycles. The molecular weight excluding hydrogens is 164 g/mol. The summed E-state index contributed by atoms with van der Waals surface area (Å²) >= 11 is 0. The van der Waals surface area contributed by atoms with Crippen molar-refractivity contribution in [1.29, 1.82) is 0 Å². The maximum atomic E-state index is 10.4. The minimum Gasteiger partial charge on any atom is -0.366 e. The molecule has 0 aliphatic rings. The van der Waals surface area contributed by atoms with Crippen LogP contribution in [0.4, 0.5) is 0 Å². The summed E-state index contributed by atoms with van der Waals surface area (Å²) in [6, 6.07) is 0. The molecule has 0 aliphatic carbocycles. The van der Waals surface area contributed by atoms with E-state index < -0.39 is 0 Å². The first-order valence-electron chi connectivity index (χ1n) is 4.76. The fourth-order valence-electron chi connectivity index (χ4n) is 0.623. The van der Waals surface area contributed by atoms with Crippen LogP contribution in [-0.2, 0) is 4.79 Å². The van der Waals surface area contributed by atoms with Crippen LogP contribution in [-0.4, -0.2) is 12.5 Å². The fourth-order valence-corrected chi connectivity index (χ4v) is 0.623. The number of rotatable bonds is 4. The molecule has 0 heterocycles. The van der Waals surface area contributed by atoms with Crippen molar-refractivity contribution in [3.05, 3.63) is 11.6 Å². The van der Waals surface area contributed by atoms with E-state index in [4.69, 9.17) is 11.5 Å². The minimum atomic E-state index is -0.309. The van der Waals surface area contributed by atoms with Crippen LogP contribution in [0.5, 0.6) is 0 Å². The molecular formula is C10H22N2O. The minimum absolute atomic E-state index is 0.309. The van der Waals surface area contributed by atoms with E-state index in [-0.39, 0.29) is 5.91 Å². The molecule has 0 aromatic rings. The summed E-state index contributed by atoms with van der Waals surface area (Å²) in [7, 11) is 0. The number of hydrogen-bond acceptors (Lipinski definition) is 2. The van der Waals surface area contributed by atoms with Crippen LogP contribution in [0.3, 0.4) is 0 Å². The highest BCUT2D eigenvalue weighted by Gasteiger charge is 1.93. The van der Waals surface area contributed by atoms with Crippen LogP contribution in [0.25, 0.3) is 0 Å². The second-order valence-electron chi connectivity index (χ2n) is 2.80. The van der Waals surface area contributed by atoms with Crippen molar-refractivity contribution in [2.45, 2.75) is 40.0 Å². The van der Waals surface area contributed by atoms with Crippen LogP contribution in [0.15, 0.2) is 11.6 Å². The van der Waals surface area contributed by atoms with Gasteiger partial charge in [-0.15, -0.1) is 0 Å². The maximum Gasteiger partial charge on any atom is 0.244 e. The third kappa shape index (κ3) is 14.1. The molecule has 0 atom stereocenters. The third-order valence-electron chi connectivity index (χ3n) is 1.40. The van der Waals surface area contributed by atoms with Gasteiger partial charge in [0.25, 0.3) is 0 Å². The largest absolute Gasteiger partial charge is 0.366 e. The van der Waals surface area contributed by atoms with Crippen molar-refractivity contribution >= 4 is 5.91 Å². The van der Waals surface area contributed by atoms with Crippen molar-refractivity contribution in [3.63, 3.8) is 0 Å². The van der Waals surface area contributed by atoms with Gasteiger partial charge in [0.1, 0.15) is 0 Å². The first-order valence-corrected chi connectivity index (χ1v) is 4.76. The zero-order valence-electron chi connectivity index (χ0n) is 8.97. The Labute approximate surface area is 81.2 Å². The average molecular weight is 186 g/mol. The summed E-state index contributed by atoms with van der Waals surface area (Å²) in [4.78, 5) is 10.4. The zero-order valence-corrected chi connectivity index (χ0v) is 8.97. The molecule has 0 aliphatic heterocycles. The first kappa shape index (κ1) is 14.7. The Morgan fingerprint density at radius 2 is 1.85 bits per heavy atom. The zero-order chi connectivity index (χ0) is 10.7. The van der Waals surface area contributed by atoms with Gasteiger partial charge in [-0.2, -0.15) is 0 Å². The Balaban J connectivity index is 0. The van der Waals surface area contributed by atoms with Gasteiger partial charge >= 0.3 is 0 Å². The van der Waals surface area contributed by atoms with Crippen LogP contribution >= 0.6 is 0 Å². The second-order valence-corrected chi connectivity index (χ2v) is 2.80. The van der Waals surface area contributed by atoms with Crippen LogP contribution < -0.4 is 11.5 Å². The van der Waals surface area contributed by atoms with Gasteiger partial charge in [-0.25, -0.2) is 0 Å². The fraction of sp³-hybridized carbons (Fsp3) is 0.700. The molecule has 0 radical (unpaired) electrons. The molecule has 0 rings (SSSR count). The molecule has 1 amide bonds. The number of carbonyl (C=O) groups excluding carboxylic acids is 1. The summed E-state index contributed by atoms with van der Waals surface area (Å²) < 4.78 is 0. The number of nitrogens with two attached hydrogens (primary N) is 2. The van der Waals surface area contributed by atoms with Crippen LogP contribution in [0.2, 0.25) is 0 Å². The highest BCUT2D eigenvalue weighted by atomic mass is 16.1. The summed E-state index contributed by atoms with van der Waals surface area (Å²) in [6.45, 7) is 6.52. The molecule has 0 spiro atoms. The molecule has 0 unspecified atom stereocenters. The van der Waals surface area contributed by atoms with E-state index in [1.807, 2.05) is 13.0 Å². The van der Waals surface area contributed by atoms with Crippen molar-refractivity contribution in [2.75, 3.05) is 6.54 Å². The van der Waals surface area contributed by atoms with E-state index in [0.29, 0.717) is 5.57 Å². The van der Waals surface area contributed by atoms with Gasteiger partial charge in [-0.3, -0.25) is 4.79 Å². The molecule has 13 heavy (non-hydrogen) atoms. The van der Waals surface area contributed by atoms with Gasteiger partial charge in [0.05, 0.1) is 0 Å². The number of primary amides is 1. The number of hydrogen-bond donors (Lipinski definition) is 2. The van der Waals surface area contributed by atoms with Crippen molar-refractivity contribution in [2.24, 2.45) is 11.5 Å². The first-order chi connectivity index (χ1) is 6.09. The quantitative estimate of drug-likeness (QED) is 0.517. The van der Waals surface area contributed by atoms with E-state index in [0.717, 1.165) is 25.8 Å². The van der Waals surface area contributed by atoms with Gasteiger partial charge in [-0.05, 0) is 19.9 Å². The van der Waals surface area contributed by atoms with Crippen LogP contribution in [0.1, 0.15) is 40.0 Å². The average Bonchev–Trinajstić information content (AvgIpc) is 2.06. The topological polar surface area (TPSA) is 69.1 Å². The highest BCUT2D eigenvalue weighted by molar-refractivity contribution is 5.91. The maximum absolute atomic E-state index is 10.4. The number of amides is 1. The molecule has 0 fully saturated rings. The highest BCUT2D eigenvalue weighted by Crippen LogP contribution is 1.99. The predicted octanol–water partition coefficient (Wildman–Crippen LogP) is 1.57. The van der Waals surface area contributed by atoms with E-state index in [1.165, 1.54) is 0 Å². The summed E-state index contributed by atoms with van der Waals surface area (Å²) in [6.07, 6.45) is 5.14. The molecule has 0 bridgehead atoms. The predicted molar refractivity (Wildman–Crippen MR) is 57.2 cm³/mol. The molecule has 3 nitrogen and oxygen atoms in total. The van der Waals surface area contributed by atoms with Gasteiger partial charge in [0, 0.05) is 5.57 Å². The number of allylic oxidation sites excluding steroid dienone is 1. The molecule has 78 valence electrons. The molecule has 0 aromatic heterocycles. The van der Waals surface area contributed by atoms with Gasteiger partial charge in [0.2, 0.25) is 5.91 Å². The Hall–Kier alpha value is -0.830. The Morgan fingerprint density at radius 1 is 1.38 bits per heavy atom. The lowest BCUT2D eigenvalue weighted by molar-refractivity contribution is -0.114. The third-order valence-corrected chi connectivity index (χ3v) is 1.40. The molecule has 0 aromatic carbocycles. The van der Waals surface area contributed by atoms with Gasteiger partial charge in [0.15, 0.2) is 0 Å². The van der Waals surface area contributed by atoms with E-state index >= 15 is 0 Å². The molecule has 3 heteroatoms. The second kappa shape index (κ2) is 11.2. The van der Waals surface area contributed by atoms with E-state index in [2.05, 4.69) is 6.92 Å². The summed E-state index contributed by atoms with van der Waals surface area (Å²) in [5, 5.41) is 0. The lowest BCUT2D eigenvalue weighted by atomic mass is 10.2. The smallest absolute Gasteiger partial charge is 0.244 e. The van der Waals surface area contributed by atoms with Crippen molar-refractivity contribution in [1.82, 2.24) is 0 Å². The summed E-state index contributed by atoms with van der Waals surface area (Å²) in [5.41, 5.74) is 10.5. The SMILES string of the molecule is CCCCC=C(C)C(N)=O.CCN. The summed E-state index contributed by atoms with van der Waals surface area (Å²) in [5.74, 6) is -0.309. The van der Waals surface area contributed by atoms with Crippen molar-refractivity contribution < 1.29 is 4.79 Å². The van der Waals surface area contributed by atoms with Gasteiger partial charge in [-0.1, -0.05) is 32.8 Å². The number of carbonyl (C=O) groups is 1. The lowest BCUT2D eigenvalue weighted by Crippen LogP contribution is -2.11. The van der Waals surface area contributed by atoms with Crippen LogP contribution in [0, 0.1) is 0 Å². The Kier molecular flexibility index (Phi) is 12.6. The molecule has 4 N–H and O–H groups in total. The van der Waals surface area contributed by atoms with E-state index in [1.54, 1.807) is 6.92 Å². The lowest BCUT2D eigenvalue weighted by Gasteiger charge is -1.92. The number of unbranched alkanes of at least 4 members (excludes halogenated alkanes) is 2. The normalized spacial score (nSPS) is 10.3. The van der Waals surface area contributed by atoms with Crippen molar-refractivity contribution in [3.8, 4) is 0 Å². The van der Waals surface area contributed by atoms with Gasteiger partial charge < -0.3 is 11.5 Å². The standard InChI is InChI=1S/C8H15NO.C2H7N/c1-3-4-5-6-7(2)8(9)10;1-2-3/h6H,3-5H2,1-2H3,(H2,9,10);2-3H2,1H3. The molecule has 0 saturated heterocycles. The monoisotopic (exact) mass is 186 g/mol.